The quantitative estimate of drug-likeness (QED) is 0.693. The van der Waals surface area contributed by atoms with Gasteiger partial charge in [-0.1, -0.05) is 6.08 Å². The number of aliphatic hydroxyl groups is 1. The van der Waals surface area contributed by atoms with Crippen LogP contribution in [0.15, 0.2) is 11.5 Å². The van der Waals surface area contributed by atoms with Crippen LogP contribution >= 0.6 is 0 Å². The number of allylic oxidation sites excluding steroid dienone is 1. The van der Waals surface area contributed by atoms with Gasteiger partial charge < -0.3 is 14.4 Å². The van der Waals surface area contributed by atoms with Gasteiger partial charge in [-0.15, -0.1) is 0 Å². The molecule has 16 heavy (non-hydrogen) atoms. The van der Waals surface area contributed by atoms with Crippen molar-refractivity contribution in [2.75, 3.05) is 0 Å². The van der Waals surface area contributed by atoms with E-state index in [-0.39, 0.29) is 24.4 Å². The summed E-state index contributed by atoms with van der Waals surface area (Å²) in [5, 5.41) is 9.61. The minimum absolute atomic E-state index is 0.278. The molecule has 1 saturated heterocycles. The van der Waals surface area contributed by atoms with Gasteiger partial charge in [-0.3, -0.25) is 0 Å². The third-order valence-corrected chi connectivity index (χ3v) is 3.93. The fourth-order valence-corrected chi connectivity index (χ4v) is 2.12. The van der Waals surface area contributed by atoms with Crippen LogP contribution in [0.4, 0.5) is 0 Å². The molecule has 0 amide bonds. The molecule has 0 saturated carbocycles. The summed E-state index contributed by atoms with van der Waals surface area (Å²) in [6.07, 6.45) is 4.39. The minimum Gasteiger partial charge on any atom is -0.400 e. The molecule has 1 aliphatic carbocycles. The maximum Gasteiger partial charge on any atom is 0.490 e. The number of hydrogen-bond acceptors (Lipinski definition) is 3. The smallest absolute Gasteiger partial charge is 0.400 e. The molecule has 90 valence electrons. The van der Waals surface area contributed by atoms with Gasteiger partial charge >= 0.3 is 7.12 Å². The number of hydrogen-bond donors (Lipinski definition) is 1. The summed E-state index contributed by atoms with van der Waals surface area (Å²) in [5.41, 5.74) is 0.513. The lowest BCUT2D eigenvalue weighted by Gasteiger charge is -2.32. The third-order valence-electron chi connectivity index (χ3n) is 3.93. The van der Waals surface area contributed by atoms with Gasteiger partial charge in [0, 0.05) is 0 Å². The molecule has 3 nitrogen and oxygen atoms in total. The monoisotopic (exact) mass is 224 g/mol. The summed E-state index contributed by atoms with van der Waals surface area (Å²) < 4.78 is 11.9. The average Bonchev–Trinajstić information content (AvgIpc) is 2.36. The highest BCUT2D eigenvalue weighted by molar-refractivity contribution is 6.54. The van der Waals surface area contributed by atoms with Gasteiger partial charge in [-0.2, -0.15) is 0 Å². The Hall–Kier alpha value is -0.315. The summed E-state index contributed by atoms with van der Waals surface area (Å²) >= 11 is 0. The molecule has 0 bridgehead atoms. The van der Waals surface area contributed by atoms with E-state index in [1.54, 1.807) is 0 Å². The summed E-state index contributed by atoms with van der Waals surface area (Å²) in [6.45, 7) is 8.19. The Kier molecular flexibility index (Phi) is 2.93. The number of aliphatic hydroxyl groups excluding tert-OH is 1. The van der Waals surface area contributed by atoms with Gasteiger partial charge in [0.15, 0.2) is 0 Å². The molecule has 1 fully saturated rings. The van der Waals surface area contributed by atoms with Crippen LogP contribution in [0, 0.1) is 0 Å². The molecule has 1 N–H and O–H groups in total. The van der Waals surface area contributed by atoms with Gasteiger partial charge in [0.05, 0.1) is 17.3 Å². The van der Waals surface area contributed by atoms with Gasteiger partial charge in [0.25, 0.3) is 0 Å². The van der Waals surface area contributed by atoms with Crippen molar-refractivity contribution in [1.82, 2.24) is 0 Å². The fourth-order valence-electron chi connectivity index (χ4n) is 2.12. The highest BCUT2D eigenvalue weighted by Gasteiger charge is 2.52. The van der Waals surface area contributed by atoms with Crippen LogP contribution in [0.25, 0.3) is 0 Å². The van der Waals surface area contributed by atoms with E-state index in [1.165, 1.54) is 0 Å². The maximum absolute atomic E-state index is 9.61. The Labute approximate surface area is 98.0 Å². The second-order valence-corrected chi connectivity index (χ2v) is 5.79. The first-order chi connectivity index (χ1) is 7.32. The normalized spacial score (nSPS) is 32.7. The van der Waals surface area contributed by atoms with Gasteiger partial charge in [0.2, 0.25) is 0 Å². The molecule has 0 radical (unpaired) electrons. The van der Waals surface area contributed by atoms with Crippen molar-refractivity contribution in [3.05, 3.63) is 11.5 Å². The van der Waals surface area contributed by atoms with E-state index in [1.807, 2.05) is 33.8 Å². The molecular weight excluding hydrogens is 203 g/mol. The molecule has 4 heteroatoms. The summed E-state index contributed by atoms with van der Waals surface area (Å²) in [5.74, 6) is 0. The van der Waals surface area contributed by atoms with Crippen LogP contribution in [0.2, 0.25) is 0 Å². The molecule has 0 aromatic carbocycles. The van der Waals surface area contributed by atoms with Crippen LogP contribution in [-0.4, -0.2) is 29.5 Å². The van der Waals surface area contributed by atoms with Gasteiger partial charge in [-0.05, 0) is 52.4 Å². The Morgan fingerprint density at radius 2 is 1.81 bits per heavy atom. The predicted octanol–water partition coefficient (Wildman–Crippen LogP) is 2.09. The van der Waals surface area contributed by atoms with Crippen LogP contribution in [-0.2, 0) is 9.31 Å². The SMILES string of the molecule is CC1(C)OB(C2=CC(O)CCC2)OC1(C)C. The molecule has 2 aliphatic rings. The molecule has 0 aromatic rings. The topological polar surface area (TPSA) is 38.7 Å². The Morgan fingerprint density at radius 3 is 2.31 bits per heavy atom. The van der Waals surface area contributed by atoms with Crippen LogP contribution in [0.1, 0.15) is 47.0 Å². The van der Waals surface area contributed by atoms with Crippen LogP contribution < -0.4 is 0 Å². The first kappa shape index (κ1) is 12.2. The van der Waals surface area contributed by atoms with Crippen molar-refractivity contribution in [2.45, 2.75) is 64.3 Å². The molecule has 1 atom stereocenters. The van der Waals surface area contributed by atoms with Gasteiger partial charge in [-0.25, -0.2) is 0 Å². The van der Waals surface area contributed by atoms with E-state index in [2.05, 4.69) is 0 Å². The van der Waals surface area contributed by atoms with Crippen molar-refractivity contribution in [3.63, 3.8) is 0 Å². The van der Waals surface area contributed by atoms with Crippen LogP contribution in [0.3, 0.4) is 0 Å². The number of rotatable bonds is 1. The lowest BCUT2D eigenvalue weighted by molar-refractivity contribution is 0.00578. The van der Waals surface area contributed by atoms with E-state index >= 15 is 0 Å². The average molecular weight is 224 g/mol. The minimum atomic E-state index is -0.331. The Morgan fingerprint density at radius 1 is 1.25 bits per heavy atom. The third kappa shape index (κ3) is 2.06. The summed E-state index contributed by atoms with van der Waals surface area (Å²) in [7, 11) is -0.278. The first-order valence-electron chi connectivity index (χ1n) is 6.06. The molecule has 0 spiro atoms. The van der Waals surface area contributed by atoms with E-state index in [9.17, 15) is 5.11 Å². The second-order valence-electron chi connectivity index (χ2n) is 5.79. The van der Waals surface area contributed by atoms with Crippen molar-refractivity contribution in [2.24, 2.45) is 0 Å². The standard InChI is InChI=1S/C12H21BO3/c1-11(2)12(3,4)16-13(15-11)9-6-5-7-10(14)8-9/h8,10,14H,5-7H2,1-4H3. The van der Waals surface area contributed by atoms with E-state index in [0.717, 1.165) is 24.7 Å². The largest absolute Gasteiger partial charge is 0.490 e. The maximum atomic E-state index is 9.61. The zero-order valence-corrected chi connectivity index (χ0v) is 10.6. The van der Waals surface area contributed by atoms with Crippen molar-refractivity contribution >= 4 is 7.12 Å². The Balaban J connectivity index is 2.14. The lowest BCUT2D eigenvalue weighted by Crippen LogP contribution is -2.41. The summed E-state index contributed by atoms with van der Waals surface area (Å²) in [6, 6.07) is 0. The Bertz CT molecular complexity index is 293. The van der Waals surface area contributed by atoms with E-state index in [0.29, 0.717) is 0 Å². The highest BCUT2D eigenvalue weighted by Crippen LogP contribution is 2.40. The van der Waals surface area contributed by atoms with Crippen molar-refractivity contribution in [3.8, 4) is 0 Å². The molecule has 1 heterocycles. The van der Waals surface area contributed by atoms with E-state index < -0.39 is 0 Å². The van der Waals surface area contributed by atoms with Crippen molar-refractivity contribution < 1.29 is 14.4 Å². The molecule has 2 rings (SSSR count). The zero-order chi connectivity index (χ0) is 12.0. The van der Waals surface area contributed by atoms with Crippen molar-refractivity contribution in [1.29, 1.82) is 0 Å². The zero-order valence-electron chi connectivity index (χ0n) is 10.6. The molecular formula is C12H21BO3. The fraction of sp³-hybridized carbons (Fsp3) is 0.833. The molecule has 0 aromatic heterocycles. The lowest BCUT2D eigenvalue weighted by atomic mass is 9.72. The molecule has 1 unspecified atom stereocenters. The van der Waals surface area contributed by atoms with Crippen LogP contribution in [0.5, 0.6) is 0 Å². The predicted molar refractivity (Wildman–Crippen MR) is 64.0 cm³/mol. The second kappa shape index (κ2) is 3.86. The van der Waals surface area contributed by atoms with Gasteiger partial charge in [0.1, 0.15) is 0 Å². The molecule has 1 aliphatic heterocycles. The first-order valence-corrected chi connectivity index (χ1v) is 6.06. The summed E-state index contributed by atoms with van der Waals surface area (Å²) in [4.78, 5) is 0. The highest BCUT2D eigenvalue weighted by atomic mass is 16.7. The van der Waals surface area contributed by atoms with E-state index in [4.69, 9.17) is 9.31 Å².